The molecule has 116 valence electrons. The Morgan fingerprint density at radius 1 is 1.13 bits per heavy atom. The van der Waals surface area contributed by atoms with Gasteiger partial charge in [0, 0.05) is 30.0 Å². The molecule has 1 atom stereocenters. The first-order chi connectivity index (χ1) is 11.1. The molecule has 0 spiro atoms. The molecular formula is C18H16ClN3O. The Kier molecular flexibility index (Phi) is 4.44. The second-order valence-electron chi connectivity index (χ2n) is 5.22. The lowest BCUT2D eigenvalue weighted by molar-refractivity contribution is 0.0941. The molecular weight excluding hydrogens is 310 g/mol. The van der Waals surface area contributed by atoms with Crippen LogP contribution in [-0.2, 0) is 7.05 Å². The van der Waals surface area contributed by atoms with E-state index in [0.29, 0.717) is 10.6 Å². The summed E-state index contributed by atoms with van der Waals surface area (Å²) in [5.74, 6) is 0.608. The second-order valence-corrected chi connectivity index (χ2v) is 5.66. The summed E-state index contributed by atoms with van der Waals surface area (Å²) < 4.78 is 1.90. The van der Waals surface area contributed by atoms with E-state index in [0.717, 1.165) is 11.4 Å². The summed E-state index contributed by atoms with van der Waals surface area (Å²) in [5.41, 5.74) is 1.54. The number of halogens is 1. The molecule has 4 nitrogen and oxygen atoms in total. The Hall–Kier alpha value is -2.59. The van der Waals surface area contributed by atoms with E-state index in [2.05, 4.69) is 10.3 Å². The lowest BCUT2D eigenvalue weighted by Gasteiger charge is -2.19. The van der Waals surface area contributed by atoms with Crippen LogP contribution < -0.4 is 5.32 Å². The third kappa shape index (κ3) is 3.43. The zero-order valence-corrected chi connectivity index (χ0v) is 13.4. The monoisotopic (exact) mass is 325 g/mol. The summed E-state index contributed by atoms with van der Waals surface area (Å²) in [6, 6.07) is 16.3. The maximum absolute atomic E-state index is 12.6. The van der Waals surface area contributed by atoms with E-state index in [9.17, 15) is 4.79 Å². The van der Waals surface area contributed by atoms with E-state index in [1.807, 2.05) is 48.1 Å². The quantitative estimate of drug-likeness (QED) is 0.796. The minimum atomic E-state index is -0.320. The van der Waals surface area contributed by atoms with Gasteiger partial charge in [0.25, 0.3) is 5.91 Å². The van der Waals surface area contributed by atoms with Crippen LogP contribution in [0.15, 0.2) is 67.0 Å². The van der Waals surface area contributed by atoms with Crippen LogP contribution in [-0.4, -0.2) is 15.5 Å². The molecule has 3 aromatic rings. The number of amides is 1. The Bertz CT molecular complexity index is 797. The standard InChI is InChI=1S/C18H16ClN3O/c1-22-12-11-20-17(22)16(13-5-3-2-4-6-13)21-18(23)14-7-9-15(19)10-8-14/h2-12,16H,1H3,(H,21,23)/t16-/m1/s1. The van der Waals surface area contributed by atoms with E-state index in [1.165, 1.54) is 0 Å². The normalized spacial score (nSPS) is 11.9. The van der Waals surface area contributed by atoms with Gasteiger partial charge >= 0.3 is 0 Å². The Balaban J connectivity index is 1.92. The van der Waals surface area contributed by atoms with Crippen molar-refractivity contribution in [2.75, 3.05) is 0 Å². The predicted octanol–water partition coefficient (Wildman–Crippen LogP) is 3.59. The number of nitrogens with one attached hydrogen (secondary N) is 1. The number of carbonyl (C=O) groups excluding carboxylic acids is 1. The first kappa shape index (κ1) is 15.3. The number of hydrogen-bond donors (Lipinski definition) is 1. The molecule has 2 aromatic carbocycles. The van der Waals surface area contributed by atoms with Gasteiger partial charge in [-0.25, -0.2) is 4.98 Å². The number of benzene rings is 2. The SMILES string of the molecule is Cn1ccnc1[C@H](NC(=O)c1ccc(Cl)cc1)c1ccccc1. The Morgan fingerprint density at radius 3 is 2.43 bits per heavy atom. The molecule has 0 fully saturated rings. The number of carbonyl (C=O) groups is 1. The molecule has 0 saturated carbocycles. The number of hydrogen-bond acceptors (Lipinski definition) is 2. The van der Waals surface area contributed by atoms with Crippen molar-refractivity contribution in [1.82, 2.24) is 14.9 Å². The van der Waals surface area contributed by atoms with Crippen molar-refractivity contribution in [3.63, 3.8) is 0 Å². The number of aromatic nitrogens is 2. The van der Waals surface area contributed by atoms with Crippen molar-refractivity contribution in [2.45, 2.75) is 6.04 Å². The average molecular weight is 326 g/mol. The molecule has 0 unspecified atom stereocenters. The zero-order chi connectivity index (χ0) is 16.2. The van der Waals surface area contributed by atoms with Gasteiger partial charge in [0.1, 0.15) is 11.9 Å². The van der Waals surface area contributed by atoms with Crippen LogP contribution >= 0.6 is 11.6 Å². The fourth-order valence-electron chi connectivity index (χ4n) is 2.41. The van der Waals surface area contributed by atoms with Crippen LogP contribution in [0.5, 0.6) is 0 Å². The first-order valence-corrected chi connectivity index (χ1v) is 7.61. The highest BCUT2D eigenvalue weighted by molar-refractivity contribution is 6.30. The predicted molar refractivity (Wildman–Crippen MR) is 90.4 cm³/mol. The molecule has 0 aliphatic carbocycles. The smallest absolute Gasteiger partial charge is 0.252 e. The maximum Gasteiger partial charge on any atom is 0.252 e. The van der Waals surface area contributed by atoms with E-state index in [1.54, 1.807) is 30.5 Å². The molecule has 5 heteroatoms. The van der Waals surface area contributed by atoms with E-state index >= 15 is 0 Å². The third-order valence-electron chi connectivity index (χ3n) is 3.63. The summed E-state index contributed by atoms with van der Waals surface area (Å²) in [4.78, 5) is 16.9. The van der Waals surface area contributed by atoms with Crippen molar-refractivity contribution >= 4 is 17.5 Å². The highest BCUT2D eigenvalue weighted by Gasteiger charge is 2.21. The molecule has 0 bridgehead atoms. The fraction of sp³-hybridized carbons (Fsp3) is 0.111. The lowest BCUT2D eigenvalue weighted by atomic mass is 10.1. The first-order valence-electron chi connectivity index (χ1n) is 7.24. The fourth-order valence-corrected chi connectivity index (χ4v) is 2.54. The van der Waals surface area contributed by atoms with E-state index < -0.39 is 0 Å². The van der Waals surface area contributed by atoms with Gasteiger partial charge in [-0.3, -0.25) is 4.79 Å². The lowest BCUT2D eigenvalue weighted by Crippen LogP contribution is -2.31. The molecule has 1 aromatic heterocycles. The van der Waals surface area contributed by atoms with Crippen molar-refractivity contribution in [3.8, 4) is 0 Å². The molecule has 1 N–H and O–H groups in total. The second kappa shape index (κ2) is 6.67. The Morgan fingerprint density at radius 2 is 1.83 bits per heavy atom. The van der Waals surface area contributed by atoms with Gasteiger partial charge in [-0.2, -0.15) is 0 Å². The summed E-state index contributed by atoms with van der Waals surface area (Å²) >= 11 is 5.87. The average Bonchev–Trinajstić information content (AvgIpc) is 2.99. The van der Waals surface area contributed by atoms with Gasteiger partial charge in [0.15, 0.2) is 0 Å². The number of rotatable bonds is 4. The topological polar surface area (TPSA) is 46.9 Å². The van der Waals surface area contributed by atoms with Crippen LogP contribution in [0.3, 0.4) is 0 Å². The molecule has 1 heterocycles. The van der Waals surface area contributed by atoms with Gasteiger partial charge in [0.05, 0.1) is 0 Å². The van der Waals surface area contributed by atoms with Gasteiger partial charge in [-0.05, 0) is 29.8 Å². The van der Waals surface area contributed by atoms with E-state index in [4.69, 9.17) is 11.6 Å². The summed E-state index contributed by atoms with van der Waals surface area (Å²) in [5, 5.41) is 3.65. The maximum atomic E-state index is 12.6. The van der Waals surface area contributed by atoms with Gasteiger partial charge in [-0.15, -0.1) is 0 Å². The number of nitrogens with zero attached hydrogens (tertiary/aromatic N) is 2. The number of aryl methyl sites for hydroxylation is 1. The van der Waals surface area contributed by atoms with Gasteiger partial charge in [0.2, 0.25) is 0 Å². The summed E-state index contributed by atoms with van der Waals surface area (Å²) in [6.07, 6.45) is 3.58. The van der Waals surface area contributed by atoms with Crippen LogP contribution in [0.2, 0.25) is 5.02 Å². The molecule has 0 saturated heterocycles. The minimum absolute atomic E-state index is 0.168. The highest BCUT2D eigenvalue weighted by atomic mass is 35.5. The van der Waals surface area contributed by atoms with Crippen molar-refractivity contribution in [1.29, 1.82) is 0 Å². The molecule has 3 rings (SSSR count). The van der Waals surface area contributed by atoms with Crippen molar-refractivity contribution < 1.29 is 4.79 Å². The largest absolute Gasteiger partial charge is 0.338 e. The molecule has 0 aliphatic heterocycles. The molecule has 23 heavy (non-hydrogen) atoms. The Labute approximate surface area is 139 Å². The van der Waals surface area contributed by atoms with Crippen LogP contribution in [0.1, 0.15) is 27.8 Å². The molecule has 0 radical (unpaired) electrons. The van der Waals surface area contributed by atoms with Gasteiger partial charge < -0.3 is 9.88 Å². The van der Waals surface area contributed by atoms with Crippen LogP contribution in [0.25, 0.3) is 0 Å². The number of imidazole rings is 1. The van der Waals surface area contributed by atoms with Gasteiger partial charge in [-0.1, -0.05) is 41.9 Å². The highest BCUT2D eigenvalue weighted by Crippen LogP contribution is 2.21. The van der Waals surface area contributed by atoms with Crippen LogP contribution in [0, 0.1) is 0 Å². The summed E-state index contributed by atoms with van der Waals surface area (Å²) in [7, 11) is 1.91. The third-order valence-corrected chi connectivity index (χ3v) is 3.88. The van der Waals surface area contributed by atoms with Crippen molar-refractivity contribution in [3.05, 3.63) is 89.0 Å². The van der Waals surface area contributed by atoms with E-state index in [-0.39, 0.29) is 11.9 Å². The van der Waals surface area contributed by atoms with Crippen LogP contribution in [0.4, 0.5) is 0 Å². The molecule has 0 aliphatic rings. The summed E-state index contributed by atoms with van der Waals surface area (Å²) in [6.45, 7) is 0. The molecule has 1 amide bonds. The minimum Gasteiger partial charge on any atom is -0.338 e. The van der Waals surface area contributed by atoms with Crippen molar-refractivity contribution in [2.24, 2.45) is 7.05 Å². The zero-order valence-electron chi connectivity index (χ0n) is 12.6.